The van der Waals surface area contributed by atoms with Gasteiger partial charge in [0.2, 0.25) is 5.78 Å². The van der Waals surface area contributed by atoms with E-state index in [0.717, 1.165) is 0 Å². The van der Waals surface area contributed by atoms with E-state index in [9.17, 15) is 18.0 Å². The third-order valence-electron chi connectivity index (χ3n) is 3.67. The van der Waals surface area contributed by atoms with E-state index in [0.29, 0.717) is 10.0 Å². The van der Waals surface area contributed by atoms with Crippen LogP contribution in [0.2, 0.25) is 0 Å². The first-order chi connectivity index (χ1) is 12.3. The minimum atomic E-state index is -3.90. The van der Waals surface area contributed by atoms with E-state index in [1.807, 2.05) is 0 Å². The largest absolute Gasteiger partial charge is 0.451 e. The summed E-state index contributed by atoms with van der Waals surface area (Å²) in [6.07, 6.45) is -1.01. The topological polar surface area (TPSA) is 90.0 Å². The molecule has 0 heterocycles. The molecule has 0 saturated heterocycles. The molecular weight excluding hydrogens is 358 g/mol. The van der Waals surface area contributed by atoms with Crippen LogP contribution >= 0.6 is 0 Å². The van der Waals surface area contributed by atoms with Crippen molar-refractivity contribution in [2.45, 2.75) is 17.9 Å². The highest BCUT2D eigenvalue weighted by atomic mass is 32.2. The standard InChI is InChI=1S/C18H19NO6S/c1-13(17(20)14-8-5-4-6-9-14)25-18(21)15-10-7-11-16(12-15)26(22,23)19(2)24-3/h4-13H,1-3H3. The Kier molecular flexibility index (Phi) is 6.25. The minimum Gasteiger partial charge on any atom is -0.451 e. The van der Waals surface area contributed by atoms with Gasteiger partial charge in [-0.2, -0.15) is 0 Å². The highest BCUT2D eigenvalue weighted by molar-refractivity contribution is 7.89. The molecule has 1 unspecified atom stereocenters. The van der Waals surface area contributed by atoms with Crippen LogP contribution in [0.25, 0.3) is 0 Å². The molecule has 0 amide bonds. The number of nitrogens with zero attached hydrogens (tertiary/aromatic N) is 1. The second-order valence-electron chi connectivity index (χ2n) is 5.40. The van der Waals surface area contributed by atoms with Crippen LogP contribution in [-0.2, 0) is 19.6 Å². The van der Waals surface area contributed by atoms with Gasteiger partial charge in [-0.1, -0.05) is 40.9 Å². The number of hydroxylamine groups is 1. The Hall–Kier alpha value is -2.55. The van der Waals surface area contributed by atoms with Crippen LogP contribution in [0.4, 0.5) is 0 Å². The van der Waals surface area contributed by atoms with Crippen molar-refractivity contribution in [2.24, 2.45) is 0 Å². The summed E-state index contributed by atoms with van der Waals surface area (Å²) < 4.78 is 30.4. The fraction of sp³-hybridized carbons (Fsp3) is 0.222. The van der Waals surface area contributed by atoms with E-state index in [2.05, 4.69) is 0 Å². The Labute approximate surface area is 152 Å². The molecule has 7 nitrogen and oxygen atoms in total. The van der Waals surface area contributed by atoms with Gasteiger partial charge in [-0.05, 0) is 25.1 Å². The molecule has 0 radical (unpaired) electrons. The lowest BCUT2D eigenvalue weighted by molar-refractivity contribution is -0.0258. The highest BCUT2D eigenvalue weighted by Gasteiger charge is 2.24. The first-order valence-corrected chi connectivity index (χ1v) is 9.14. The fourth-order valence-corrected chi connectivity index (χ4v) is 3.17. The first-order valence-electron chi connectivity index (χ1n) is 7.70. The van der Waals surface area contributed by atoms with Crippen molar-refractivity contribution in [1.82, 2.24) is 4.47 Å². The lowest BCUT2D eigenvalue weighted by Gasteiger charge is -2.15. The van der Waals surface area contributed by atoms with E-state index in [1.54, 1.807) is 30.3 Å². The molecule has 0 saturated carbocycles. The van der Waals surface area contributed by atoms with Crippen LogP contribution in [0.15, 0.2) is 59.5 Å². The van der Waals surface area contributed by atoms with Crippen molar-refractivity contribution in [3.63, 3.8) is 0 Å². The number of carbonyl (C=O) groups excluding carboxylic acids is 2. The Bertz CT molecular complexity index is 895. The molecular formula is C18H19NO6S. The number of hydrogen-bond donors (Lipinski definition) is 0. The number of esters is 1. The Morgan fingerprint density at radius 1 is 1.00 bits per heavy atom. The number of benzene rings is 2. The van der Waals surface area contributed by atoms with E-state index < -0.39 is 22.1 Å². The van der Waals surface area contributed by atoms with Crippen molar-refractivity contribution in [3.05, 3.63) is 65.7 Å². The van der Waals surface area contributed by atoms with Gasteiger partial charge < -0.3 is 4.74 Å². The maximum Gasteiger partial charge on any atom is 0.338 e. The van der Waals surface area contributed by atoms with Crippen LogP contribution < -0.4 is 0 Å². The molecule has 26 heavy (non-hydrogen) atoms. The maximum absolute atomic E-state index is 12.3. The summed E-state index contributed by atoms with van der Waals surface area (Å²) in [5.41, 5.74) is 0.439. The monoisotopic (exact) mass is 377 g/mol. The Morgan fingerprint density at radius 3 is 2.23 bits per heavy atom. The predicted molar refractivity (Wildman–Crippen MR) is 94.0 cm³/mol. The second kappa shape index (κ2) is 8.22. The number of hydrogen-bond acceptors (Lipinski definition) is 6. The summed E-state index contributed by atoms with van der Waals surface area (Å²) in [5.74, 6) is -1.14. The molecule has 8 heteroatoms. The molecule has 2 aromatic carbocycles. The molecule has 0 aliphatic rings. The summed E-state index contributed by atoms with van der Waals surface area (Å²) in [7, 11) is -1.44. The number of ketones is 1. The van der Waals surface area contributed by atoms with Gasteiger partial charge in [0.05, 0.1) is 17.6 Å². The van der Waals surface area contributed by atoms with E-state index in [-0.39, 0.29) is 16.2 Å². The molecule has 1 atom stereocenters. The lowest BCUT2D eigenvalue weighted by Crippen LogP contribution is -2.26. The molecule has 0 aliphatic heterocycles. The smallest absolute Gasteiger partial charge is 0.338 e. The summed E-state index contributed by atoms with van der Waals surface area (Å²) in [6.45, 7) is 1.46. The summed E-state index contributed by atoms with van der Waals surface area (Å²) in [6, 6.07) is 13.8. The average molecular weight is 377 g/mol. The van der Waals surface area contributed by atoms with Crippen LogP contribution in [0.5, 0.6) is 0 Å². The molecule has 138 valence electrons. The summed E-state index contributed by atoms with van der Waals surface area (Å²) in [4.78, 5) is 29.1. The van der Waals surface area contributed by atoms with Crippen molar-refractivity contribution < 1.29 is 27.6 Å². The van der Waals surface area contributed by atoms with Gasteiger partial charge in [0, 0.05) is 12.6 Å². The second-order valence-corrected chi connectivity index (χ2v) is 7.34. The van der Waals surface area contributed by atoms with Gasteiger partial charge in [0.1, 0.15) is 0 Å². The Morgan fingerprint density at radius 2 is 1.62 bits per heavy atom. The zero-order chi connectivity index (χ0) is 19.3. The normalized spacial score (nSPS) is 12.6. The number of sulfonamides is 1. The van der Waals surface area contributed by atoms with Crippen LogP contribution in [0, 0.1) is 0 Å². The lowest BCUT2D eigenvalue weighted by atomic mass is 10.1. The molecule has 0 spiro atoms. The van der Waals surface area contributed by atoms with Gasteiger partial charge in [-0.25, -0.2) is 13.2 Å². The highest BCUT2D eigenvalue weighted by Crippen LogP contribution is 2.17. The summed E-state index contributed by atoms with van der Waals surface area (Å²) in [5, 5.41) is 0. The van der Waals surface area contributed by atoms with E-state index in [1.165, 1.54) is 45.3 Å². The zero-order valence-electron chi connectivity index (χ0n) is 14.6. The van der Waals surface area contributed by atoms with Gasteiger partial charge in [-0.15, -0.1) is 0 Å². The van der Waals surface area contributed by atoms with Crippen LogP contribution in [-0.4, -0.2) is 44.9 Å². The summed E-state index contributed by atoms with van der Waals surface area (Å²) >= 11 is 0. The van der Waals surface area contributed by atoms with Gasteiger partial charge in [-0.3, -0.25) is 9.63 Å². The predicted octanol–water partition coefficient (Wildman–Crippen LogP) is 2.30. The van der Waals surface area contributed by atoms with Gasteiger partial charge in [0.25, 0.3) is 10.0 Å². The molecule has 0 bridgehead atoms. The third kappa shape index (κ3) is 4.34. The Balaban J connectivity index is 2.18. The van der Waals surface area contributed by atoms with Crippen LogP contribution in [0.3, 0.4) is 0 Å². The molecule has 0 fully saturated rings. The number of Topliss-reactive ketones (excluding diaryl/α,β-unsaturated/α-hetero) is 1. The molecule has 2 aromatic rings. The number of rotatable bonds is 7. The van der Waals surface area contributed by atoms with E-state index in [4.69, 9.17) is 9.57 Å². The maximum atomic E-state index is 12.3. The number of ether oxygens (including phenoxy) is 1. The zero-order valence-corrected chi connectivity index (χ0v) is 15.4. The van der Waals surface area contributed by atoms with Gasteiger partial charge >= 0.3 is 5.97 Å². The van der Waals surface area contributed by atoms with Crippen molar-refractivity contribution >= 4 is 21.8 Å². The van der Waals surface area contributed by atoms with Crippen molar-refractivity contribution in [3.8, 4) is 0 Å². The van der Waals surface area contributed by atoms with Crippen LogP contribution in [0.1, 0.15) is 27.6 Å². The van der Waals surface area contributed by atoms with E-state index >= 15 is 0 Å². The number of carbonyl (C=O) groups is 2. The molecule has 0 aromatic heterocycles. The SMILES string of the molecule is CON(C)S(=O)(=O)c1cccc(C(=O)OC(C)C(=O)c2ccccc2)c1. The average Bonchev–Trinajstić information content (AvgIpc) is 2.67. The third-order valence-corrected chi connectivity index (χ3v) is 5.35. The minimum absolute atomic E-state index is 0.0169. The first kappa shape index (κ1) is 19.8. The molecule has 0 N–H and O–H groups in total. The van der Waals surface area contributed by atoms with Gasteiger partial charge in [0.15, 0.2) is 6.10 Å². The molecule has 0 aliphatic carbocycles. The van der Waals surface area contributed by atoms with Crippen molar-refractivity contribution in [2.75, 3.05) is 14.2 Å². The quantitative estimate of drug-likeness (QED) is 0.418. The van der Waals surface area contributed by atoms with Crippen molar-refractivity contribution in [1.29, 1.82) is 0 Å². The molecule has 2 rings (SSSR count). The fourth-order valence-electron chi connectivity index (χ4n) is 2.15.